The molecule has 0 N–H and O–H groups in total. The Balaban J connectivity index is 1.12. The minimum Gasteiger partial charge on any atom is -0.436 e. The van der Waals surface area contributed by atoms with Gasteiger partial charge in [0.25, 0.3) is 0 Å². The minimum absolute atomic E-state index is 0.451. The molecule has 5 aromatic heterocycles. The molecule has 5 heterocycles. The second-order valence-electron chi connectivity index (χ2n) is 11.1. The van der Waals surface area contributed by atoms with E-state index in [-0.39, 0.29) is 0 Å². The van der Waals surface area contributed by atoms with Crippen LogP contribution in [0.3, 0.4) is 0 Å². The highest BCUT2D eigenvalue weighted by atomic mass is 16.4. The largest absolute Gasteiger partial charge is 0.436 e. The molecule has 0 aliphatic rings. The fourth-order valence-corrected chi connectivity index (χ4v) is 5.50. The molecule has 0 unspecified atom stereocenters. The highest BCUT2D eigenvalue weighted by molar-refractivity contribution is 5.78. The first-order valence-electron chi connectivity index (χ1n) is 15.3. The van der Waals surface area contributed by atoms with E-state index < -0.39 is 0 Å². The van der Waals surface area contributed by atoms with Gasteiger partial charge in [-0.3, -0.25) is 4.98 Å². The third-order valence-electron chi connectivity index (χ3n) is 7.94. The molecule has 0 saturated heterocycles. The first-order chi connectivity index (χ1) is 23.7. The van der Waals surface area contributed by atoms with Crippen LogP contribution in [0, 0.1) is 0 Å². The number of hydrogen-bond donors (Lipinski definition) is 0. The second kappa shape index (κ2) is 11.5. The lowest BCUT2D eigenvalue weighted by Gasteiger charge is -2.09. The van der Waals surface area contributed by atoms with Gasteiger partial charge in [-0.1, -0.05) is 54.6 Å². The van der Waals surface area contributed by atoms with Crippen LogP contribution >= 0.6 is 0 Å². The molecule has 0 bridgehead atoms. The summed E-state index contributed by atoms with van der Waals surface area (Å²) in [4.78, 5) is 33.1. The van der Waals surface area contributed by atoms with E-state index in [1.54, 1.807) is 12.4 Å². The van der Waals surface area contributed by atoms with Crippen molar-refractivity contribution in [1.29, 1.82) is 0 Å². The van der Waals surface area contributed by atoms with Crippen molar-refractivity contribution in [2.45, 2.75) is 0 Å². The monoisotopic (exact) mass is 621 g/mol. The Kier molecular flexibility index (Phi) is 6.57. The fraction of sp³-hybridized carbons (Fsp3) is 0. The maximum Gasteiger partial charge on any atom is 0.227 e. The molecule has 0 aliphatic heterocycles. The number of hydrogen-bond acceptors (Lipinski definition) is 9. The summed E-state index contributed by atoms with van der Waals surface area (Å²) in [6.45, 7) is 0. The van der Waals surface area contributed by atoms with Gasteiger partial charge >= 0.3 is 0 Å². The zero-order chi connectivity index (χ0) is 31.9. The van der Waals surface area contributed by atoms with Gasteiger partial charge in [0, 0.05) is 40.2 Å². The molecule has 9 rings (SSSR count). The van der Waals surface area contributed by atoms with Gasteiger partial charge in [0.1, 0.15) is 16.7 Å². The van der Waals surface area contributed by atoms with E-state index in [9.17, 15) is 0 Å². The summed E-state index contributed by atoms with van der Waals surface area (Å²) in [6, 6.07) is 40.7. The van der Waals surface area contributed by atoms with Gasteiger partial charge in [-0.2, -0.15) is 0 Å². The van der Waals surface area contributed by atoms with Crippen molar-refractivity contribution in [2.75, 3.05) is 0 Å². The quantitative estimate of drug-likeness (QED) is 0.179. The van der Waals surface area contributed by atoms with Crippen molar-refractivity contribution >= 4 is 22.2 Å². The molecule has 48 heavy (non-hydrogen) atoms. The third-order valence-corrected chi connectivity index (χ3v) is 7.94. The molecule has 0 aliphatic carbocycles. The maximum absolute atomic E-state index is 5.98. The van der Waals surface area contributed by atoms with E-state index in [1.165, 1.54) is 0 Å². The van der Waals surface area contributed by atoms with Crippen molar-refractivity contribution in [3.05, 3.63) is 140 Å². The average molecular weight is 622 g/mol. The number of para-hydroxylation sites is 4. The van der Waals surface area contributed by atoms with Crippen molar-refractivity contribution in [1.82, 2.24) is 34.9 Å². The Labute approximate surface area is 273 Å². The zero-order valence-electron chi connectivity index (χ0n) is 25.2. The van der Waals surface area contributed by atoms with E-state index >= 15 is 0 Å². The normalized spacial score (nSPS) is 11.3. The van der Waals surface area contributed by atoms with E-state index in [0.29, 0.717) is 34.9 Å². The Bertz CT molecular complexity index is 2360. The predicted octanol–water partition coefficient (Wildman–Crippen LogP) is 8.95. The standard InChI is InChI=1S/C39H23N7O2/c1-3-12-33-30(8-1)42-38(47-33)26-18-14-24(15-19-26)35-44-36(25-16-20-27(21-17-25)39-43-31-9-2-4-13-34(31)48-39)46-37(45-35)32-11-5-10-29(41-32)28-7-6-22-40-23-28/h1-23H. The van der Waals surface area contributed by atoms with Crippen LogP contribution in [0.1, 0.15) is 0 Å². The number of oxazole rings is 2. The summed E-state index contributed by atoms with van der Waals surface area (Å²) in [5.74, 6) is 2.57. The molecule has 4 aromatic carbocycles. The van der Waals surface area contributed by atoms with Gasteiger partial charge in [0.15, 0.2) is 28.6 Å². The molecule has 0 saturated carbocycles. The van der Waals surface area contributed by atoms with Crippen LogP contribution < -0.4 is 0 Å². The topological polar surface area (TPSA) is 117 Å². The Hall–Kier alpha value is -6.87. The number of pyridine rings is 2. The molecule has 0 spiro atoms. The molecule has 226 valence electrons. The summed E-state index contributed by atoms with van der Waals surface area (Å²) < 4.78 is 12.0. The summed E-state index contributed by atoms with van der Waals surface area (Å²) >= 11 is 0. The Morgan fingerprint density at radius 3 is 1.42 bits per heavy atom. The molecular weight excluding hydrogens is 598 g/mol. The molecular formula is C39H23N7O2. The van der Waals surface area contributed by atoms with Crippen molar-refractivity contribution in [2.24, 2.45) is 0 Å². The van der Waals surface area contributed by atoms with Crippen LogP contribution in [-0.4, -0.2) is 34.9 Å². The zero-order valence-corrected chi connectivity index (χ0v) is 25.2. The third kappa shape index (κ3) is 5.15. The van der Waals surface area contributed by atoms with Crippen LogP contribution in [0.5, 0.6) is 0 Å². The summed E-state index contributed by atoms with van der Waals surface area (Å²) in [6.07, 6.45) is 3.52. The predicted molar refractivity (Wildman–Crippen MR) is 183 cm³/mol. The molecule has 9 heteroatoms. The molecule has 0 amide bonds. The maximum atomic E-state index is 5.98. The van der Waals surface area contributed by atoms with Crippen LogP contribution in [-0.2, 0) is 0 Å². The van der Waals surface area contributed by atoms with Crippen molar-refractivity contribution < 1.29 is 8.83 Å². The molecule has 0 atom stereocenters. The lowest BCUT2D eigenvalue weighted by Crippen LogP contribution is -2.01. The Morgan fingerprint density at radius 2 is 0.875 bits per heavy atom. The van der Waals surface area contributed by atoms with Gasteiger partial charge in [-0.15, -0.1) is 0 Å². The van der Waals surface area contributed by atoms with Crippen LogP contribution in [0.2, 0.25) is 0 Å². The second-order valence-corrected chi connectivity index (χ2v) is 11.1. The summed E-state index contributed by atoms with van der Waals surface area (Å²) in [7, 11) is 0. The number of rotatable bonds is 6. The lowest BCUT2D eigenvalue weighted by molar-refractivity contribution is 0.619. The number of nitrogens with zero attached hydrogens (tertiary/aromatic N) is 7. The van der Waals surface area contributed by atoms with Crippen LogP contribution in [0.4, 0.5) is 0 Å². The van der Waals surface area contributed by atoms with Crippen LogP contribution in [0.15, 0.2) is 149 Å². The smallest absolute Gasteiger partial charge is 0.227 e. The minimum atomic E-state index is 0.451. The van der Waals surface area contributed by atoms with Crippen molar-refractivity contribution in [3.63, 3.8) is 0 Å². The Morgan fingerprint density at radius 1 is 0.354 bits per heavy atom. The van der Waals surface area contributed by atoms with E-state index in [4.69, 9.17) is 28.8 Å². The fourth-order valence-electron chi connectivity index (χ4n) is 5.50. The highest BCUT2D eigenvalue weighted by Crippen LogP contribution is 2.30. The first-order valence-corrected chi connectivity index (χ1v) is 15.3. The summed E-state index contributed by atoms with van der Waals surface area (Å²) in [5, 5.41) is 0. The molecule has 9 nitrogen and oxygen atoms in total. The molecule has 9 aromatic rings. The summed E-state index contributed by atoms with van der Waals surface area (Å²) in [5.41, 5.74) is 8.73. The van der Waals surface area contributed by atoms with E-state index in [0.717, 1.165) is 55.7 Å². The molecule has 0 fully saturated rings. The van der Waals surface area contributed by atoms with Gasteiger partial charge in [-0.25, -0.2) is 29.9 Å². The lowest BCUT2D eigenvalue weighted by atomic mass is 10.1. The van der Waals surface area contributed by atoms with Crippen LogP contribution in [0.25, 0.3) is 90.7 Å². The highest BCUT2D eigenvalue weighted by Gasteiger charge is 2.16. The van der Waals surface area contributed by atoms with Crippen molar-refractivity contribution in [3.8, 4) is 68.5 Å². The molecule has 0 radical (unpaired) electrons. The SMILES string of the molecule is c1cncc(-c2cccc(-c3nc(-c4ccc(-c5nc6ccccc6o5)cc4)nc(-c4ccc(-c5nc6ccccc6o5)cc4)n3)n2)c1. The number of benzene rings is 4. The average Bonchev–Trinajstić information content (AvgIpc) is 3.80. The first kappa shape index (κ1) is 27.4. The number of aromatic nitrogens is 7. The number of fused-ring (bicyclic) bond motifs is 2. The van der Waals surface area contributed by atoms with Gasteiger partial charge in [0.2, 0.25) is 11.8 Å². The van der Waals surface area contributed by atoms with Gasteiger partial charge < -0.3 is 8.83 Å². The van der Waals surface area contributed by atoms with Gasteiger partial charge in [0.05, 0.1) is 5.69 Å². The van der Waals surface area contributed by atoms with Gasteiger partial charge in [-0.05, 0) is 72.8 Å². The van der Waals surface area contributed by atoms with E-state index in [1.807, 2.05) is 127 Å². The van der Waals surface area contributed by atoms with E-state index in [2.05, 4.69) is 15.0 Å².